The van der Waals surface area contributed by atoms with Crippen LogP contribution in [0.25, 0.3) is 10.9 Å². The summed E-state index contributed by atoms with van der Waals surface area (Å²) in [7, 11) is 0. The number of anilines is 2. The molecule has 148 valence electrons. The molecule has 2 N–H and O–H groups in total. The lowest BCUT2D eigenvalue weighted by Crippen LogP contribution is -2.00. The molecule has 0 saturated carbocycles. The van der Waals surface area contributed by atoms with E-state index in [1.165, 1.54) is 0 Å². The van der Waals surface area contributed by atoms with Gasteiger partial charge in [-0.1, -0.05) is 17.7 Å². The number of alkyl halides is 1. The highest BCUT2D eigenvalue weighted by Gasteiger charge is 2.13. The van der Waals surface area contributed by atoms with Gasteiger partial charge in [0.1, 0.15) is 19.0 Å². The first-order chi connectivity index (χ1) is 14.2. The number of aromatic amines is 1. The van der Waals surface area contributed by atoms with Crippen LogP contribution < -0.4 is 14.8 Å². The van der Waals surface area contributed by atoms with Crippen LogP contribution in [0.1, 0.15) is 5.69 Å². The largest absolute Gasteiger partial charge is 0.486 e. The number of aromatic nitrogens is 4. The van der Waals surface area contributed by atoms with Crippen LogP contribution in [0.3, 0.4) is 0 Å². The molecule has 1 aromatic carbocycles. The summed E-state index contributed by atoms with van der Waals surface area (Å²) in [4.78, 5) is 8.46. The Labute approximate surface area is 177 Å². The maximum atomic E-state index is 6.40. The average Bonchev–Trinajstić information content (AvgIpc) is 3.16. The van der Waals surface area contributed by atoms with Gasteiger partial charge in [0, 0.05) is 11.9 Å². The van der Waals surface area contributed by atoms with Crippen molar-refractivity contribution in [2.45, 2.75) is 6.61 Å². The SMILES string of the molecule is ClCCOc1n[nH]c2cncc(Nc3ccc(OCc4ccccn4)c(Cl)c3)c12. The molecule has 0 bridgehead atoms. The van der Waals surface area contributed by atoms with Crippen molar-refractivity contribution in [3.63, 3.8) is 0 Å². The molecule has 4 aromatic rings. The second kappa shape index (κ2) is 8.98. The van der Waals surface area contributed by atoms with Gasteiger partial charge in [-0.25, -0.2) is 0 Å². The molecule has 0 atom stereocenters. The third-order valence-electron chi connectivity index (χ3n) is 4.07. The minimum absolute atomic E-state index is 0.340. The predicted molar refractivity (Wildman–Crippen MR) is 113 cm³/mol. The number of benzene rings is 1. The fourth-order valence-electron chi connectivity index (χ4n) is 2.76. The summed E-state index contributed by atoms with van der Waals surface area (Å²) in [6.07, 6.45) is 5.11. The zero-order valence-electron chi connectivity index (χ0n) is 15.2. The van der Waals surface area contributed by atoms with Gasteiger partial charge in [0.25, 0.3) is 0 Å². The van der Waals surface area contributed by atoms with Gasteiger partial charge in [-0.3, -0.25) is 15.1 Å². The van der Waals surface area contributed by atoms with Crippen LogP contribution in [0.5, 0.6) is 11.6 Å². The number of nitrogens with one attached hydrogen (secondary N) is 2. The molecule has 0 radical (unpaired) electrons. The van der Waals surface area contributed by atoms with Crippen molar-refractivity contribution in [3.05, 3.63) is 65.7 Å². The second-order valence-corrected chi connectivity index (χ2v) is 6.84. The maximum Gasteiger partial charge on any atom is 0.242 e. The Morgan fingerprint density at radius 1 is 1.10 bits per heavy atom. The Balaban J connectivity index is 1.52. The number of pyridine rings is 2. The molecule has 4 rings (SSSR count). The number of rotatable bonds is 8. The number of fused-ring (bicyclic) bond motifs is 1. The molecule has 0 amide bonds. The molecule has 0 spiro atoms. The number of H-pyrrole nitrogens is 1. The summed E-state index contributed by atoms with van der Waals surface area (Å²) in [5, 5.41) is 11.7. The van der Waals surface area contributed by atoms with Gasteiger partial charge in [0.2, 0.25) is 5.88 Å². The molecule has 0 saturated heterocycles. The number of hydrogen-bond donors (Lipinski definition) is 2. The summed E-state index contributed by atoms with van der Waals surface area (Å²) in [6.45, 7) is 0.699. The summed E-state index contributed by atoms with van der Waals surface area (Å²) in [5.41, 5.74) is 3.09. The van der Waals surface area contributed by atoms with E-state index in [2.05, 4.69) is 25.5 Å². The Morgan fingerprint density at radius 2 is 2.03 bits per heavy atom. The first-order valence-corrected chi connectivity index (χ1v) is 9.76. The Morgan fingerprint density at radius 3 is 2.83 bits per heavy atom. The normalized spacial score (nSPS) is 10.8. The third-order valence-corrected chi connectivity index (χ3v) is 4.52. The van der Waals surface area contributed by atoms with Crippen molar-refractivity contribution in [2.24, 2.45) is 0 Å². The Kier molecular flexibility index (Phi) is 5.97. The summed E-state index contributed by atoms with van der Waals surface area (Å²) in [5.74, 6) is 1.42. The summed E-state index contributed by atoms with van der Waals surface area (Å²) >= 11 is 12.1. The lowest BCUT2D eigenvalue weighted by atomic mass is 10.2. The minimum Gasteiger partial charge on any atom is -0.486 e. The lowest BCUT2D eigenvalue weighted by Gasteiger charge is -2.12. The first-order valence-electron chi connectivity index (χ1n) is 8.84. The topological polar surface area (TPSA) is 85.0 Å². The standard InChI is InChI=1S/C20H17Cl2N5O2/c21-6-8-28-20-19-16(10-23-11-17(19)26-27-20)25-13-4-5-18(15(22)9-13)29-12-14-3-1-2-7-24-14/h1-5,7,9-11,25H,6,8,12H2,(H,26,27). The molecular weight excluding hydrogens is 413 g/mol. The van der Waals surface area contributed by atoms with Crippen molar-refractivity contribution in [2.75, 3.05) is 17.8 Å². The smallest absolute Gasteiger partial charge is 0.242 e. The van der Waals surface area contributed by atoms with Crippen molar-refractivity contribution >= 4 is 45.5 Å². The number of ether oxygens (including phenoxy) is 2. The highest BCUT2D eigenvalue weighted by atomic mass is 35.5. The Hall–Kier alpha value is -3.03. The summed E-state index contributed by atoms with van der Waals surface area (Å²) in [6, 6.07) is 11.1. The number of hydrogen-bond acceptors (Lipinski definition) is 6. The van der Waals surface area contributed by atoms with Crippen LogP contribution in [0.2, 0.25) is 5.02 Å². The van der Waals surface area contributed by atoms with E-state index in [1.54, 1.807) is 30.7 Å². The van der Waals surface area contributed by atoms with Gasteiger partial charge >= 0.3 is 0 Å². The van der Waals surface area contributed by atoms with E-state index < -0.39 is 0 Å². The van der Waals surface area contributed by atoms with E-state index in [0.717, 1.165) is 28.0 Å². The molecule has 0 aliphatic rings. The van der Waals surface area contributed by atoms with Crippen LogP contribution in [0.4, 0.5) is 11.4 Å². The monoisotopic (exact) mass is 429 g/mol. The number of nitrogens with zero attached hydrogens (tertiary/aromatic N) is 3. The third kappa shape index (κ3) is 4.52. The summed E-state index contributed by atoms with van der Waals surface area (Å²) < 4.78 is 11.4. The zero-order chi connectivity index (χ0) is 20.1. The molecule has 0 aliphatic heterocycles. The quantitative estimate of drug-likeness (QED) is 0.385. The van der Waals surface area contributed by atoms with Gasteiger partial charge in [-0.05, 0) is 30.3 Å². The molecule has 0 aliphatic carbocycles. The van der Waals surface area contributed by atoms with Gasteiger partial charge in [-0.15, -0.1) is 16.7 Å². The molecular formula is C20H17Cl2N5O2. The van der Waals surface area contributed by atoms with Gasteiger partial charge in [0.15, 0.2) is 0 Å². The van der Waals surface area contributed by atoms with Crippen LogP contribution in [0, 0.1) is 0 Å². The predicted octanol–water partition coefficient (Wildman–Crippen LogP) is 4.95. The average molecular weight is 430 g/mol. The van der Waals surface area contributed by atoms with Gasteiger partial charge in [-0.2, -0.15) is 0 Å². The van der Waals surface area contributed by atoms with Crippen LogP contribution >= 0.6 is 23.2 Å². The van der Waals surface area contributed by atoms with E-state index in [-0.39, 0.29) is 0 Å². The van der Waals surface area contributed by atoms with Gasteiger partial charge < -0.3 is 14.8 Å². The fourth-order valence-corrected chi connectivity index (χ4v) is 3.08. The molecule has 0 unspecified atom stereocenters. The van der Waals surface area contributed by atoms with Crippen LogP contribution in [-0.2, 0) is 6.61 Å². The second-order valence-electron chi connectivity index (χ2n) is 6.06. The van der Waals surface area contributed by atoms with E-state index in [4.69, 9.17) is 32.7 Å². The number of halogens is 2. The van der Waals surface area contributed by atoms with Crippen molar-refractivity contribution < 1.29 is 9.47 Å². The highest BCUT2D eigenvalue weighted by molar-refractivity contribution is 6.32. The zero-order valence-corrected chi connectivity index (χ0v) is 16.7. The van der Waals surface area contributed by atoms with Crippen LogP contribution in [0.15, 0.2) is 55.0 Å². The minimum atomic E-state index is 0.340. The first kappa shape index (κ1) is 19.3. The molecule has 3 heterocycles. The van der Waals surface area contributed by atoms with E-state index in [9.17, 15) is 0 Å². The maximum absolute atomic E-state index is 6.40. The molecule has 29 heavy (non-hydrogen) atoms. The Bertz CT molecular complexity index is 1100. The fraction of sp³-hybridized carbons (Fsp3) is 0.150. The van der Waals surface area contributed by atoms with Gasteiger partial charge in [0.05, 0.1) is 45.6 Å². The van der Waals surface area contributed by atoms with Crippen molar-refractivity contribution in [1.29, 1.82) is 0 Å². The van der Waals surface area contributed by atoms with E-state index >= 15 is 0 Å². The molecule has 0 fully saturated rings. The highest BCUT2D eigenvalue weighted by Crippen LogP contribution is 2.34. The van der Waals surface area contributed by atoms with E-state index in [0.29, 0.717) is 35.7 Å². The molecule has 7 nitrogen and oxygen atoms in total. The lowest BCUT2D eigenvalue weighted by molar-refractivity contribution is 0.301. The van der Waals surface area contributed by atoms with Crippen molar-refractivity contribution in [3.8, 4) is 11.6 Å². The van der Waals surface area contributed by atoms with Crippen molar-refractivity contribution in [1.82, 2.24) is 20.2 Å². The molecule has 9 heteroatoms. The molecule has 3 aromatic heterocycles. The van der Waals surface area contributed by atoms with E-state index in [1.807, 2.05) is 24.3 Å². The van der Waals surface area contributed by atoms with Crippen LogP contribution in [-0.4, -0.2) is 32.7 Å².